The van der Waals surface area contributed by atoms with Crippen LogP contribution in [0.1, 0.15) is 19.4 Å². The highest BCUT2D eigenvalue weighted by atomic mass is 16.6. The van der Waals surface area contributed by atoms with E-state index in [-0.39, 0.29) is 30.1 Å². The van der Waals surface area contributed by atoms with Gasteiger partial charge in [-0.15, -0.1) is 0 Å². The van der Waals surface area contributed by atoms with Gasteiger partial charge in [0.2, 0.25) is 5.91 Å². The predicted octanol–water partition coefficient (Wildman–Crippen LogP) is 1.77. The van der Waals surface area contributed by atoms with E-state index < -0.39 is 4.92 Å². The summed E-state index contributed by atoms with van der Waals surface area (Å²) in [4.78, 5) is 24.3. The Labute approximate surface area is 117 Å². The van der Waals surface area contributed by atoms with Crippen molar-refractivity contribution in [3.63, 3.8) is 0 Å². The van der Waals surface area contributed by atoms with Crippen molar-refractivity contribution in [2.24, 2.45) is 0 Å². The summed E-state index contributed by atoms with van der Waals surface area (Å²) < 4.78 is 5.40. The van der Waals surface area contributed by atoms with Crippen molar-refractivity contribution in [1.82, 2.24) is 4.90 Å². The Kier molecular flexibility index (Phi) is 4.34. The summed E-state index contributed by atoms with van der Waals surface area (Å²) in [6, 6.07) is 6.23. The Balaban J connectivity index is 2.05. The monoisotopic (exact) mass is 278 g/mol. The van der Waals surface area contributed by atoms with Gasteiger partial charge in [-0.25, -0.2) is 0 Å². The van der Waals surface area contributed by atoms with Crippen LogP contribution in [0.4, 0.5) is 5.69 Å². The van der Waals surface area contributed by atoms with Gasteiger partial charge in [-0.3, -0.25) is 14.9 Å². The van der Waals surface area contributed by atoms with E-state index in [4.69, 9.17) is 4.74 Å². The zero-order chi connectivity index (χ0) is 14.7. The van der Waals surface area contributed by atoms with Crippen LogP contribution in [0.3, 0.4) is 0 Å². The third-order valence-electron chi connectivity index (χ3n) is 3.46. The van der Waals surface area contributed by atoms with Crippen LogP contribution in [0, 0.1) is 10.1 Å². The van der Waals surface area contributed by atoms with E-state index in [1.54, 1.807) is 12.1 Å². The summed E-state index contributed by atoms with van der Waals surface area (Å²) in [7, 11) is 0. The number of nitro benzene ring substituents is 1. The van der Waals surface area contributed by atoms with Crippen LogP contribution >= 0.6 is 0 Å². The summed E-state index contributed by atoms with van der Waals surface area (Å²) in [5.74, 6) is 0.0298. The number of hydrogen-bond acceptors (Lipinski definition) is 4. The molecular weight excluding hydrogens is 260 g/mol. The molecule has 6 nitrogen and oxygen atoms in total. The minimum absolute atomic E-state index is 0.0298. The number of nitro groups is 1. The molecule has 108 valence electrons. The van der Waals surface area contributed by atoms with E-state index in [0.29, 0.717) is 13.2 Å². The minimum atomic E-state index is -0.447. The number of rotatable bonds is 3. The first kappa shape index (κ1) is 14.5. The lowest BCUT2D eigenvalue weighted by Crippen LogP contribution is -2.53. The number of amides is 1. The lowest BCUT2D eigenvalue weighted by molar-refractivity contribution is -0.384. The number of nitrogens with zero attached hydrogens (tertiary/aromatic N) is 2. The lowest BCUT2D eigenvalue weighted by Gasteiger charge is -2.38. The maximum absolute atomic E-state index is 12.3. The number of non-ortho nitro benzene ring substituents is 1. The summed E-state index contributed by atoms with van der Waals surface area (Å²) >= 11 is 0. The number of hydrogen-bond donors (Lipinski definition) is 0. The molecule has 1 aliphatic heterocycles. The van der Waals surface area contributed by atoms with Crippen LogP contribution < -0.4 is 0 Å². The molecule has 1 heterocycles. The summed E-state index contributed by atoms with van der Waals surface area (Å²) in [6.07, 6.45) is 0.257. The quantitative estimate of drug-likeness (QED) is 0.624. The van der Waals surface area contributed by atoms with Crippen molar-refractivity contribution in [2.75, 3.05) is 13.2 Å². The van der Waals surface area contributed by atoms with Crippen molar-refractivity contribution in [3.05, 3.63) is 39.9 Å². The fourth-order valence-electron chi connectivity index (χ4n) is 2.50. The number of carbonyl (C=O) groups is 1. The van der Waals surface area contributed by atoms with Gasteiger partial charge in [0.15, 0.2) is 0 Å². The molecule has 2 rings (SSSR count). The highest BCUT2D eigenvalue weighted by Crippen LogP contribution is 2.17. The third-order valence-corrected chi connectivity index (χ3v) is 3.46. The molecule has 2 unspecified atom stereocenters. The van der Waals surface area contributed by atoms with Crippen LogP contribution in [0.5, 0.6) is 0 Å². The first-order valence-electron chi connectivity index (χ1n) is 6.61. The van der Waals surface area contributed by atoms with Crippen molar-refractivity contribution in [3.8, 4) is 0 Å². The molecule has 1 aromatic rings. The first-order chi connectivity index (χ1) is 9.49. The van der Waals surface area contributed by atoms with Gasteiger partial charge < -0.3 is 9.64 Å². The normalized spacial score (nSPS) is 22.6. The SMILES string of the molecule is CC1COCC(C)N1C(=O)Cc1ccc([N+](=O)[O-])cc1. The second-order valence-corrected chi connectivity index (χ2v) is 5.14. The Hall–Kier alpha value is -1.95. The zero-order valence-electron chi connectivity index (χ0n) is 11.6. The van der Waals surface area contributed by atoms with E-state index in [1.165, 1.54) is 12.1 Å². The van der Waals surface area contributed by atoms with E-state index in [1.807, 2.05) is 18.7 Å². The number of benzene rings is 1. The van der Waals surface area contributed by atoms with Crippen molar-refractivity contribution < 1.29 is 14.5 Å². The maximum atomic E-state index is 12.3. The molecule has 1 aliphatic rings. The molecule has 1 fully saturated rings. The highest BCUT2D eigenvalue weighted by Gasteiger charge is 2.29. The minimum Gasteiger partial charge on any atom is -0.377 e. The molecule has 20 heavy (non-hydrogen) atoms. The summed E-state index contributed by atoms with van der Waals surface area (Å²) in [6.45, 7) is 5.03. The average molecular weight is 278 g/mol. The molecule has 0 aromatic heterocycles. The maximum Gasteiger partial charge on any atom is 0.269 e. The van der Waals surface area contributed by atoms with Crippen molar-refractivity contribution in [2.45, 2.75) is 32.4 Å². The van der Waals surface area contributed by atoms with Crippen LogP contribution in [0.2, 0.25) is 0 Å². The fraction of sp³-hybridized carbons (Fsp3) is 0.500. The van der Waals surface area contributed by atoms with E-state index >= 15 is 0 Å². The Morgan fingerprint density at radius 3 is 2.35 bits per heavy atom. The molecule has 1 saturated heterocycles. The molecule has 0 spiro atoms. The van der Waals surface area contributed by atoms with Gasteiger partial charge in [-0.2, -0.15) is 0 Å². The molecule has 6 heteroatoms. The fourth-order valence-corrected chi connectivity index (χ4v) is 2.50. The molecule has 2 atom stereocenters. The lowest BCUT2D eigenvalue weighted by atomic mass is 10.1. The second kappa shape index (κ2) is 6.00. The molecule has 0 aliphatic carbocycles. The molecule has 0 saturated carbocycles. The van der Waals surface area contributed by atoms with Crippen LogP contribution in [-0.4, -0.2) is 41.0 Å². The Bertz CT molecular complexity index is 490. The Morgan fingerprint density at radius 1 is 1.30 bits per heavy atom. The third kappa shape index (κ3) is 3.14. The van der Waals surface area contributed by atoms with Gasteiger partial charge in [0.05, 0.1) is 36.6 Å². The van der Waals surface area contributed by atoms with Gasteiger partial charge in [0.1, 0.15) is 0 Å². The van der Waals surface area contributed by atoms with Crippen LogP contribution in [0.25, 0.3) is 0 Å². The molecule has 0 bridgehead atoms. The summed E-state index contributed by atoms with van der Waals surface area (Å²) in [5, 5.41) is 10.6. The number of ether oxygens (including phenoxy) is 1. The second-order valence-electron chi connectivity index (χ2n) is 5.14. The largest absolute Gasteiger partial charge is 0.377 e. The van der Waals surface area contributed by atoms with Gasteiger partial charge in [-0.1, -0.05) is 12.1 Å². The van der Waals surface area contributed by atoms with Crippen molar-refractivity contribution >= 4 is 11.6 Å². The molecule has 1 amide bonds. The standard InChI is InChI=1S/C14H18N2O4/c1-10-8-20-9-11(2)15(10)14(17)7-12-3-5-13(6-4-12)16(18)19/h3-6,10-11H,7-9H2,1-2H3. The molecule has 1 aromatic carbocycles. The molecular formula is C14H18N2O4. The average Bonchev–Trinajstić information content (AvgIpc) is 2.39. The van der Waals surface area contributed by atoms with Gasteiger partial charge in [0.25, 0.3) is 5.69 Å². The van der Waals surface area contributed by atoms with E-state index in [2.05, 4.69) is 0 Å². The van der Waals surface area contributed by atoms with E-state index in [0.717, 1.165) is 5.56 Å². The smallest absolute Gasteiger partial charge is 0.269 e. The topological polar surface area (TPSA) is 72.7 Å². The van der Waals surface area contributed by atoms with Gasteiger partial charge in [0, 0.05) is 12.1 Å². The first-order valence-corrected chi connectivity index (χ1v) is 6.61. The molecule has 0 radical (unpaired) electrons. The zero-order valence-corrected chi connectivity index (χ0v) is 11.6. The van der Waals surface area contributed by atoms with Crippen molar-refractivity contribution in [1.29, 1.82) is 0 Å². The summed E-state index contributed by atoms with van der Waals surface area (Å²) in [5.41, 5.74) is 0.820. The van der Waals surface area contributed by atoms with Crippen LogP contribution in [0.15, 0.2) is 24.3 Å². The number of morpholine rings is 1. The van der Waals surface area contributed by atoms with Gasteiger partial charge >= 0.3 is 0 Å². The highest BCUT2D eigenvalue weighted by molar-refractivity contribution is 5.79. The van der Waals surface area contributed by atoms with Gasteiger partial charge in [-0.05, 0) is 19.4 Å². The number of carbonyl (C=O) groups excluding carboxylic acids is 1. The predicted molar refractivity (Wildman–Crippen MR) is 73.4 cm³/mol. The molecule has 0 N–H and O–H groups in total. The Morgan fingerprint density at radius 2 is 1.85 bits per heavy atom. The van der Waals surface area contributed by atoms with Crippen LogP contribution in [-0.2, 0) is 16.0 Å². The van der Waals surface area contributed by atoms with E-state index in [9.17, 15) is 14.9 Å².